The first-order valence-electron chi connectivity index (χ1n) is 10.3. The number of nitrogens with one attached hydrogen (secondary N) is 1. The highest BCUT2D eigenvalue weighted by Gasteiger charge is 2.14. The molecule has 0 bridgehead atoms. The molecule has 8 nitrogen and oxygen atoms in total. The Labute approximate surface area is 191 Å². The summed E-state index contributed by atoms with van der Waals surface area (Å²) < 4.78 is 12.7. The van der Waals surface area contributed by atoms with Crippen LogP contribution in [0.2, 0.25) is 0 Å². The fourth-order valence-electron chi connectivity index (χ4n) is 2.90. The average molecular weight is 455 g/mol. The summed E-state index contributed by atoms with van der Waals surface area (Å²) in [4.78, 5) is 24.3. The van der Waals surface area contributed by atoms with Gasteiger partial charge in [-0.15, -0.1) is 10.2 Å². The largest absolute Gasteiger partial charge is 0.486 e. The molecule has 0 aliphatic carbocycles. The van der Waals surface area contributed by atoms with Crippen LogP contribution < -0.4 is 10.1 Å². The summed E-state index contributed by atoms with van der Waals surface area (Å²) in [6.45, 7) is 7.00. The van der Waals surface area contributed by atoms with Gasteiger partial charge in [-0.2, -0.15) is 0 Å². The van der Waals surface area contributed by atoms with Gasteiger partial charge in [0.2, 0.25) is 5.91 Å². The van der Waals surface area contributed by atoms with E-state index in [1.165, 1.54) is 17.3 Å². The highest BCUT2D eigenvalue weighted by atomic mass is 32.2. The Hall–Kier alpha value is -3.33. The van der Waals surface area contributed by atoms with Crippen molar-refractivity contribution in [1.29, 1.82) is 0 Å². The Morgan fingerprint density at radius 2 is 1.88 bits per heavy atom. The Morgan fingerprint density at radius 1 is 1.09 bits per heavy atom. The number of carbonyl (C=O) groups is 2. The predicted octanol–water partition coefficient (Wildman–Crippen LogP) is 4.09. The number of ether oxygens (including phenoxy) is 2. The second kappa shape index (κ2) is 11.3. The van der Waals surface area contributed by atoms with Gasteiger partial charge in [0.05, 0.1) is 17.9 Å². The van der Waals surface area contributed by atoms with Crippen molar-refractivity contribution >= 4 is 29.3 Å². The first kappa shape index (κ1) is 23.3. The maximum absolute atomic E-state index is 12.4. The molecule has 168 valence electrons. The average Bonchev–Trinajstić information content (AvgIpc) is 3.19. The van der Waals surface area contributed by atoms with E-state index in [1.807, 2.05) is 42.7 Å². The Kier molecular flexibility index (Phi) is 8.27. The van der Waals surface area contributed by atoms with Crippen LogP contribution in [0.4, 0.5) is 5.69 Å². The summed E-state index contributed by atoms with van der Waals surface area (Å²) in [6.07, 6.45) is 0. The number of hydrogen-bond acceptors (Lipinski definition) is 7. The molecule has 2 aromatic carbocycles. The maximum Gasteiger partial charge on any atom is 0.338 e. The monoisotopic (exact) mass is 454 g/mol. The molecule has 3 rings (SSSR count). The normalized spacial score (nSPS) is 10.6. The highest BCUT2D eigenvalue weighted by molar-refractivity contribution is 7.99. The summed E-state index contributed by atoms with van der Waals surface area (Å²) in [5.41, 5.74) is 2.09. The van der Waals surface area contributed by atoms with Crippen molar-refractivity contribution in [1.82, 2.24) is 14.8 Å². The van der Waals surface area contributed by atoms with E-state index < -0.39 is 5.97 Å². The molecule has 0 fully saturated rings. The minimum Gasteiger partial charge on any atom is -0.486 e. The lowest BCUT2D eigenvalue weighted by Crippen LogP contribution is -2.15. The lowest BCUT2D eigenvalue weighted by molar-refractivity contribution is -0.113. The van der Waals surface area contributed by atoms with E-state index in [1.54, 1.807) is 31.2 Å². The molecule has 1 heterocycles. The van der Waals surface area contributed by atoms with Gasteiger partial charge in [0.15, 0.2) is 11.0 Å². The van der Waals surface area contributed by atoms with Crippen LogP contribution >= 0.6 is 11.8 Å². The van der Waals surface area contributed by atoms with Gasteiger partial charge < -0.3 is 19.4 Å². The van der Waals surface area contributed by atoms with Crippen molar-refractivity contribution in [2.75, 3.05) is 17.7 Å². The number of carbonyl (C=O) groups excluding carboxylic acids is 2. The zero-order valence-electron chi connectivity index (χ0n) is 18.3. The number of anilines is 1. The topological polar surface area (TPSA) is 95.3 Å². The third kappa shape index (κ3) is 6.34. The molecular weight excluding hydrogens is 428 g/mol. The summed E-state index contributed by atoms with van der Waals surface area (Å²) >= 11 is 1.29. The third-order valence-corrected chi connectivity index (χ3v) is 5.46. The first-order chi connectivity index (χ1) is 15.5. The molecule has 0 saturated carbocycles. The van der Waals surface area contributed by atoms with Crippen molar-refractivity contribution in [2.45, 2.75) is 39.1 Å². The number of thioether (sulfide) groups is 1. The van der Waals surface area contributed by atoms with E-state index in [2.05, 4.69) is 15.5 Å². The fourth-order valence-corrected chi connectivity index (χ4v) is 3.72. The van der Waals surface area contributed by atoms with Crippen molar-refractivity contribution in [2.24, 2.45) is 0 Å². The Morgan fingerprint density at radius 3 is 2.59 bits per heavy atom. The predicted molar refractivity (Wildman–Crippen MR) is 123 cm³/mol. The highest BCUT2D eigenvalue weighted by Crippen LogP contribution is 2.20. The number of hydrogen-bond donors (Lipinski definition) is 1. The van der Waals surface area contributed by atoms with E-state index >= 15 is 0 Å². The molecule has 32 heavy (non-hydrogen) atoms. The molecular formula is C23H26N4O4S. The van der Waals surface area contributed by atoms with Crippen LogP contribution in [-0.4, -0.2) is 39.0 Å². The van der Waals surface area contributed by atoms with Crippen molar-refractivity contribution in [3.63, 3.8) is 0 Å². The number of esters is 1. The number of aryl methyl sites for hydroxylation is 1. The van der Waals surface area contributed by atoms with E-state index in [4.69, 9.17) is 9.47 Å². The van der Waals surface area contributed by atoms with Gasteiger partial charge in [0, 0.05) is 12.2 Å². The minimum absolute atomic E-state index is 0.153. The van der Waals surface area contributed by atoms with Gasteiger partial charge in [-0.3, -0.25) is 4.79 Å². The maximum atomic E-state index is 12.4. The molecule has 0 saturated heterocycles. The second-order valence-electron chi connectivity index (χ2n) is 6.88. The van der Waals surface area contributed by atoms with Gasteiger partial charge in [-0.1, -0.05) is 35.5 Å². The molecule has 0 atom stereocenters. The number of nitrogens with zero attached hydrogens (tertiary/aromatic N) is 3. The molecule has 0 spiro atoms. The van der Waals surface area contributed by atoms with Crippen molar-refractivity contribution in [3.05, 3.63) is 65.5 Å². The van der Waals surface area contributed by atoms with E-state index in [0.717, 1.165) is 5.75 Å². The third-order valence-electron chi connectivity index (χ3n) is 4.49. The number of rotatable bonds is 10. The molecule has 9 heteroatoms. The van der Waals surface area contributed by atoms with E-state index in [-0.39, 0.29) is 18.3 Å². The van der Waals surface area contributed by atoms with E-state index in [0.29, 0.717) is 35.4 Å². The first-order valence-corrected chi connectivity index (χ1v) is 11.3. The zero-order valence-corrected chi connectivity index (χ0v) is 19.1. The van der Waals surface area contributed by atoms with Crippen LogP contribution in [0.25, 0.3) is 0 Å². The van der Waals surface area contributed by atoms with Crippen LogP contribution in [0.1, 0.15) is 35.6 Å². The van der Waals surface area contributed by atoms with Crippen molar-refractivity contribution in [3.8, 4) is 5.75 Å². The zero-order chi connectivity index (χ0) is 22.9. The van der Waals surface area contributed by atoms with Crippen LogP contribution in [0.5, 0.6) is 5.75 Å². The number of benzene rings is 2. The van der Waals surface area contributed by atoms with Crippen LogP contribution in [0, 0.1) is 6.92 Å². The minimum atomic E-state index is -0.422. The molecule has 3 aromatic rings. The summed E-state index contributed by atoms with van der Waals surface area (Å²) in [5, 5.41) is 11.9. The second-order valence-corrected chi connectivity index (χ2v) is 7.83. The summed E-state index contributed by atoms with van der Waals surface area (Å²) in [6, 6.07) is 14.5. The number of amides is 1. The molecule has 0 unspecified atom stereocenters. The molecule has 0 aliphatic rings. The van der Waals surface area contributed by atoms with Gasteiger partial charge in [0.25, 0.3) is 0 Å². The Bertz CT molecular complexity index is 1070. The van der Waals surface area contributed by atoms with Gasteiger partial charge in [-0.25, -0.2) is 4.79 Å². The fraction of sp³-hybridized carbons (Fsp3) is 0.304. The Balaban J connectivity index is 1.56. The SMILES string of the molecule is CCOC(=O)c1cccc(NC(=O)CSc2nnc(COc3ccc(C)cc3)n2CC)c1. The van der Waals surface area contributed by atoms with Gasteiger partial charge >= 0.3 is 5.97 Å². The van der Waals surface area contributed by atoms with Gasteiger partial charge in [0.1, 0.15) is 12.4 Å². The van der Waals surface area contributed by atoms with Crippen LogP contribution in [-0.2, 0) is 22.7 Å². The summed E-state index contributed by atoms with van der Waals surface area (Å²) in [7, 11) is 0. The summed E-state index contributed by atoms with van der Waals surface area (Å²) in [5.74, 6) is 0.979. The standard InChI is InChI=1S/C23H26N4O4S/c1-4-27-20(14-31-19-11-9-16(3)10-12-19)25-26-23(27)32-15-21(28)24-18-8-6-7-17(13-18)22(29)30-5-2/h6-13H,4-5,14-15H2,1-3H3,(H,24,28). The van der Waals surface area contributed by atoms with Crippen LogP contribution in [0.15, 0.2) is 53.7 Å². The van der Waals surface area contributed by atoms with Crippen LogP contribution in [0.3, 0.4) is 0 Å². The molecule has 1 N–H and O–H groups in total. The van der Waals surface area contributed by atoms with E-state index in [9.17, 15) is 9.59 Å². The quantitative estimate of drug-likeness (QED) is 0.364. The smallest absolute Gasteiger partial charge is 0.338 e. The lowest BCUT2D eigenvalue weighted by Gasteiger charge is -2.09. The van der Waals surface area contributed by atoms with Gasteiger partial charge in [-0.05, 0) is 51.1 Å². The van der Waals surface area contributed by atoms with Crippen molar-refractivity contribution < 1.29 is 19.1 Å². The molecule has 1 amide bonds. The molecule has 0 aliphatic heterocycles. The number of aromatic nitrogens is 3. The molecule has 1 aromatic heterocycles. The lowest BCUT2D eigenvalue weighted by atomic mass is 10.2. The molecule has 0 radical (unpaired) electrons.